The molecule has 0 unspecified atom stereocenters. The number of benzene rings is 2. The first-order valence-corrected chi connectivity index (χ1v) is 9.11. The molecule has 2 aromatic carbocycles. The number of ether oxygens (including phenoxy) is 1. The van der Waals surface area contributed by atoms with Gasteiger partial charge in [-0.1, -0.05) is 6.07 Å². The first kappa shape index (κ1) is 19.0. The predicted octanol–water partition coefficient (Wildman–Crippen LogP) is 3.44. The number of carbonyl (C=O) groups is 1. The molecule has 0 spiro atoms. The minimum Gasteiger partial charge on any atom is -0.497 e. The van der Waals surface area contributed by atoms with Gasteiger partial charge in [-0.2, -0.15) is 13.2 Å². The molecule has 2 aromatic rings. The van der Waals surface area contributed by atoms with Gasteiger partial charge in [0.2, 0.25) is 0 Å². The van der Waals surface area contributed by atoms with E-state index in [0.717, 1.165) is 10.4 Å². The highest BCUT2D eigenvalue weighted by Gasteiger charge is 2.45. The number of halogens is 3. The van der Waals surface area contributed by atoms with Gasteiger partial charge in [0.1, 0.15) is 5.75 Å². The Morgan fingerprint density at radius 3 is 2.52 bits per heavy atom. The highest BCUT2D eigenvalue weighted by atomic mass is 32.2. The van der Waals surface area contributed by atoms with Gasteiger partial charge in [0.25, 0.3) is 10.0 Å². The summed E-state index contributed by atoms with van der Waals surface area (Å²) < 4.78 is 71.0. The van der Waals surface area contributed by atoms with Gasteiger partial charge in [0.15, 0.2) is 0 Å². The van der Waals surface area contributed by atoms with Crippen LogP contribution in [0.1, 0.15) is 23.6 Å². The van der Waals surface area contributed by atoms with Crippen molar-refractivity contribution in [2.75, 3.05) is 11.4 Å². The fraction of sp³-hybridized carbons (Fsp3) is 0.235. The van der Waals surface area contributed by atoms with E-state index in [0.29, 0.717) is 17.9 Å². The van der Waals surface area contributed by atoms with Crippen LogP contribution >= 0.6 is 0 Å². The van der Waals surface area contributed by atoms with E-state index in [-0.39, 0.29) is 16.1 Å². The topological polar surface area (TPSA) is 83.9 Å². The summed E-state index contributed by atoms with van der Waals surface area (Å²) in [7, 11) is -2.86. The summed E-state index contributed by atoms with van der Waals surface area (Å²) in [5.74, 6) is -1.02. The molecule has 0 amide bonds. The van der Waals surface area contributed by atoms with E-state index < -0.39 is 40.2 Å². The molecule has 0 fully saturated rings. The van der Waals surface area contributed by atoms with Crippen LogP contribution in [0, 0.1) is 0 Å². The van der Waals surface area contributed by atoms with Crippen LogP contribution in [0.3, 0.4) is 0 Å². The molecule has 1 atom stereocenters. The van der Waals surface area contributed by atoms with E-state index in [1.165, 1.54) is 25.3 Å². The molecule has 10 heteroatoms. The highest BCUT2D eigenvalue weighted by Crippen LogP contribution is 2.46. The molecule has 1 aliphatic heterocycles. The zero-order valence-electron chi connectivity index (χ0n) is 13.9. The maximum atomic E-state index is 13.1. The molecule has 1 aliphatic rings. The lowest BCUT2D eigenvalue weighted by Crippen LogP contribution is -2.29. The average Bonchev–Trinajstić information content (AvgIpc) is 2.80. The van der Waals surface area contributed by atoms with Gasteiger partial charge in [0, 0.05) is 6.07 Å². The molecule has 0 aliphatic carbocycles. The predicted molar refractivity (Wildman–Crippen MR) is 89.1 cm³/mol. The van der Waals surface area contributed by atoms with Gasteiger partial charge in [0.05, 0.1) is 35.7 Å². The van der Waals surface area contributed by atoms with Gasteiger partial charge >= 0.3 is 12.1 Å². The maximum Gasteiger partial charge on any atom is 0.416 e. The fourth-order valence-corrected chi connectivity index (χ4v) is 4.90. The molecule has 144 valence electrons. The lowest BCUT2D eigenvalue weighted by molar-refractivity contribution is -0.138. The van der Waals surface area contributed by atoms with Crippen LogP contribution in [-0.2, 0) is 21.0 Å². The molecule has 27 heavy (non-hydrogen) atoms. The molecule has 0 aromatic heterocycles. The molecule has 0 saturated heterocycles. The Hall–Kier alpha value is -2.75. The molecular weight excluding hydrogens is 387 g/mol. The maximum absolute atomic E-state index is 13.1. The van der Waals surface area contributed by atoms with E-state index in [1.54, 1.807) is 6.07 Å². The van der Waals surface area contributed by atoms with Crippen molar-refractivity contribution in [1.82, 2.24) is 0 Å². The number of hydrogen-bond donors (Lipinski definition) is 1. The Morgan fingerprint density at radius 2 is 1.93 bits per heavy atom. The van der Waals surface area contributed by atoms with Gasteiger partial charge < -0.3 is 9.84 Å². The van der Waals surface area contributed by atoms with E-state index in [2.05, 4.69) is 0 Å². The number of hydrogen-bond acceptors (Lipinski definition) is 4. The van der Waals surface area contributed by atoms with Crippen LogP contribution in [-0.4, -0.2) is 26.6 Å². The zero-order valence-corrected chi connectivity index (χ0v) is 14.7. The Bertz CT molecular complexity index is 1000. The van der Waals surface area contributed by atoms with Crippen molar-refractivity contribution in [3.8, 4) is 5.75 Å². The largest absolute Gasteiger partial charge is 0.497 e. The smallest absolute Gasteiger partial charge is 0.416 e. The molecule has 1 heterocycles. The van der Waals surface area contributed by atoms with Crippen LogP contribution in [0.2, 0.25) is 0 Å². The number of rotatable bonds is 4. The summed E-state index contributed by atoms with van der Waals surface area (Å²) in [6, 6.07) is 6.79. The van der Waals surface area contributed by atoms with Crippen LogP contribution in [0.5, 0.6) is 5.75 Å². The van der Waals surface area contributed by atoms with Crippen molar-refractivity contribution < 1.29 is 36.2 Å². The SMILES string of the molecule is COc1cccc(N2[C@@H](CC(=O)O)c3cc(C(F)(F)F)ccc3S2(=O)=O)c1. The number of sulfonamides is 1. The van der Waals surface area contributed by atoms with Gasteiger partial charge in [-0.05, 0) is 35.9 Å². The molecule has 0 saturated carbocycles. The second-order valence-corrected chi connectivity index (χ2v) is 7.65. The van der Waals surface area contributed by atoms with E-state index >= 15 is 0 Å². The minimum atomic E-state index is -4.68. The number of fused-ring (bicyclic) bond motifs is 1. The van der Waals surface area contributed by atoms with E-state index in [4.69, 9.17) is 4.74 Å². The number of carboxylic acid groups (broad SMARTS) is 1. The lowest BCUT2D eigenvalue weighted by Gasteiger charge is -2.25. The van der Waals surface area contributed by atoms with Crippen LogP contribution < -0.4 is 9.04 Å². The number of alkyl halides is 3. The second kappa shape index (κ2) is 6.45. The van der Waals surface area contributed by atoms with Crippen LogP contribution in [0.25, 0.3) is 0 Å². The number of methoxy groups -OCH3 is 1. The molecule has 0 bridgehead atoms. The molecule has 0 radical (unpaired) electrons. The second-order valence-electron chi connectivity index (χ2n) is 5.87. The number of aliphatic carboxylic acids is 1. The van der Waals surface area contributed by atoms with Crippen LogP contribution in [0.15, 0.2) is 47.4 Å². The summed E-state index contributed by atoms with van der Waals surface area (Å²) in [4.78, 5) is 10.9. The summed E-state index contributed by atoms with van der Waals surface area (Å²) in [5.41, 5.74) is -1.14. The third-order valence-corrected chi connectivity index (χ3v) is 6.10. The first-order valence-electron chi connectivity index (χ1n) is 7.67. The molecule has 1 N–H and O–H groups in total. The van der Waals surface area contributed by atoms with Crippen molar-refractivity contribution in [2.45, 2.75) is 23.5 Å². The Morgan fingerprint density at radius 1 is 1.22 bits per heavy atom. The normalized spacial score (nSPS) is 18.2. The van der Waals surface area contributed by atoms with Gasteiger partial charge in [-0.15, -0.1) is 0 Å². The highest BCUT2D eigenvalue weighted by molar-refractivity contribution is 7.93. The number of carboxylic acids is 1. The summed E-state index contributed by atoms with van der Waals surface area (Å²) in [5, 5.41) is 9.20. The molecule has 6 nitrogen and oxygen atoms in total. The van der Waals surface area contributed by atoms with Crippen molar-refractivity contribution in [3.63, 3.8) is 0 Å². The summed E-state index contributed by atoms with van der Waals surface area (Å²) in [6.07, 6.45) is -5.37. The molecular formula is C17H14F3NO5S. The van der Waals surface area contributed by atoms with Crippen molar-refractivity contribution >= 4 is 21.7 Å². The lowest BCUT2D eigenvalue weighted by atomic mass is 10.0. The summed E-state index contributed by atoms with van der Waals surface area (Å²) >= 11 is 0. The summed E-state index contributed by atoms with van der Waals surface area (Å²) in [6.45, 7) is 0. The average molecular weight is 401 g/mol. The van der Waals surface area contributed by atoms with Gasteiger partial charge in [-0.3, -0.25) is 9.10 Å². The fourth-order valence-electron chi connectivity index (χ4n) is 3.04. The monoisotopic (exact) mass is 401 g/mol. The number of anilines is 1. The Labute approximate surface area is 152 Å². The zero-order chi connectivity index (χ0) is 20.0. The third kappa shape index (κ3) is 3.32. The van der Waals surface area contributed by atoms with Crippen molar-refractivity contribution in [2.24, 2.45) is 0 Å². The standard InChI is InChI=1S/C17H14F3NO5S/c1-26-12-4-2-3-11(8-12)21-14(9-16(22)23)13-7-10(17(18,19)20)5-6-15(13)27(21,24)25/h2-8,14H,9H2,1H3,(H,22,23)/t14-/m0/s1. The van der Waals surface area contributed by atoms with E-state index in [9.17, 15) is 31.5 Å². The number of nitrogens with zero attached hydrogens (tertiary/aromatic N) is 1. The first-order chi connectivity index (χ1) is 12.6. The minimum absolute atomic E-state index is 0.102. The Balaban J connectivity index is 2.22. The van der Waals surface area contributed by atoms with Crippen molar-refractivity contribution in [3.05, 3.63) is 53.6 Å². The van der Waals surface area contributed by atoms with Crippen molar-refractivity contribution in [1.29, 1.82) is 0 Å². The van der Waals surface area contributed by atoms with Gasteiger partial charge in [-0.25, -0.2) is 8.42 Å². The van der Waals surface area contributed by atoms with E-state index in [1.807, 2.05) is 0 Å². The third-order valence-electron chi connectivity index (χ3n) is 4.19. The quantitative estimate of drug-likeness (QED) is 0.849. The molecule has 3 rings (SSSR count). The Kier molecular flexibility index (Phi) is 4.54. The van der Waals surface area contributed by atoms with Crippen LogP contribution in [0.4, 0.5) is 18.9 Å².